The van der Waals surface area contributed by atoms with E-state index in [9.17, 15) is 4.79 Å². The lowest BCUT2D eigenvalue weighted by molar-refractivity contribution is 0.0985. The highest BCUT2D eigenvalue weighted by atomic mass is 32.1. The first-order valence-electron chi connectivity index (χ1n) is 4.98. The molecule has 0 aliphatic heterocycles. The number of Topliss-reactive ketones (excluding diaryl/α,β-unsaturated/α-hetero) is 1. The van der Waals surface area contributed by atoms with Crippen LogP contribution in [-0.4, -0.2) is 25.5 Å². The molecule has 0 unspecified atom stereocenters. The van der Waals surface area contributed by atoms with E-state index < -0.39 is 0 Å². The smallest absolute Gasteiger partial charge is 0.189 e. The van der Waals surface area contributed by atoms with Crippen molar-refractivity contribution in [1.82, 2.24) is 19.7 Å². The number of nitrogens with zero attached hydrogens (tertiary/aromatic N) is 4. The van der Waals surface area contributed by atoms with Crippen molar-refractivity contribution in [1.29, 1.82) is 0 Å². The molecule has 0 saturated carbocycles. The summed E-state index contributed by atoms with van der Waals surface area (Å²) in [5, 5.41) is 5.83. The second-order valence-electron chi connectivity index (χ2n) is 3.69. The van der Waals surface area contributed by atoms with Crippen LogP contribution in [0, 0.1) is 0 Å². The molecule has 6 heteroatoms. The van der Waals surface area contributed by atoms with Gasteiger partial charge in [0, 0.05) is 11.4 Å². The maximum Gasteiger partial charge on any atom is 0.189 e. The van der Waals surface area contributed by atoms with E-state index in [-0.39, 0.29) is 18.2 Å². The van der Waals surface area contributed by atoms with Crippen LogP contribution in [0.4, 0.5) is 0 Å². The minimum Gasteiger partial charge on any atom is -0.292 e. The van der Waals surface area contributed by atoms with Gasteiger partial charge in [0.2, 0.25) is 0 Å². The molecule has 16 heavy (non-hydrogen) atoms. The minimum atomic E-state index is -0.0175. The van der Waals surface area contributed by atoms with Crippen molar-refractivity contribution in [3.05, 3.63) is 28.7 Å². The van der Waals surface area contributed by atoms with Gasteiger partial charge in [-0.15, -0.1) is 11.3 Å². The molecular formula is C10H12N4OS. The van der Waals surface area contributed by atoms with E-state index in [2.05, 4.69) is 15.1 Å². The van der Waals surface area contributed by atoms with Crippen LogP contribution in [0.25, 0.3) is 0 Å². The summed E-state index contributed by atoms with van der Waals surface area (Å²) in [5.74, 6) is 0.671. The lowest BCUT2D eigenvalue weighted by atomic mass is 10.2. The summed E-state index contributed by atoms with van der Waals surface area (Å²) in [5.41, 5.74) is 2.16. The number of aromatic nitrogens is 4. The third kappa shape index (κ3) is 2.16. The van der Waals surface area contributed by atoms with Gasteiger partial charge in [0.25, 0.3) is 0 Å². The Bertz CT molecular complexity index is 475. The van der Waals surface area contributed by atoms with E-state index >= 15 is 0 Å². The zero-order chi connectivity index (χ0) is 11.5. The average molecular weight is 236 g/mol. The predicted octanol–water partition coefficient (Wildman–Crippen LogP) is 1.74. The summed E-state index contributed by atoms with van der Waals surface area (Å²) in [4.78, 5) is 19.9. The van der Waals surface area contributed by atoms with Crippen molar-refractivity contribution in [3.63, 3.8) is 0 Å². The summed E-state index contributed by atoms with van der Waals surface area (Å²) in [6.07, 6.45) is 1.73. The van der Waals surface area contributed by atoms with Crippen molar-refractivity contribution in [2.45, 2.75) is 26.3 Å². The van der Waals surface area contributed by atoms with E-state index in [0.717, 1.165) is 0 Å². The second kappa shape index (κ2) is 4.52. The number of carbonyl (C=O) groups excluding carboxylic acids is 1. The Hall–Kier alpha value is -1.56. The molecule has 0 N–H and O–H groups in total. The lowest BCUT2D eigenvalue weighted by Gasteiger charge is -2.07. The molecule has 2 aromatic rings. The first-order chi connectivity index (χ1) is 7.68. The van der Waals surface area contributed by atoms with Gasteiger partial charge in [-0.1, -0.05) is 0 Å². The second-order valence-corrected chi connectivity index (χ2v) is 4.41. The number of hydrogen-bond donors (Lipinski definition) is 0. The molecule has 0 aliphatic carbocycles. The van der Waals surface area contributed by atoms with Crippen molar-refractivity contribution >= 4 is 17.1 Å². The molecule has 0 spiro atoms. The Balaban J connectivity index is 2.15. The highest BCUT2D eigenvalue weighted by Gasteiger charge is 2.14. The fourth-order valence-corrected chi connectivity index (χ4v) is 1.97. The van der Waals surface area contributed by atoms with E-state index in [4.69, 9.17) is 0 Å². The highest BCUT2D eigenvalue weighted by molar-refractivity contribution is 7.07. The standard InChI is InChI=1S/C10H12N4OS/c1-7(2)14-10(11-5-13-14)3-9(15)8-4-16-6-12-8/h4-7H,3H2,1-2H3. The minimum absolute atomic E-state index is 0.0175. The normalized spacial score (nSPS) is 10.9. The SMILES string of the molecule is CC(C)n1ncnc1CC(=O)c1cscn1. The van der Waals surface area contributed by atoms with E-state index in [1.54, 1.807) is 15.6 Å². The number of hydrogen-bond acceptors (Lipinski definition) is 5. The van der Waals surface area contributed by atoms with Crippen LogP contribution in [0.15, 0.2) is 17.2 Å². The van der Waals surface area contributed by atoms with Crippen LogP contribution in [-0.2, 0) is 6.42 Å². The maximum atomic E-state index is 11.8. The zero-order valence-corrected chi connectivity index (χ0v) is 9.94. The summed E-state index contributed by atoms with van der Waals surface area (Å²) < 4.78 is 1.75. The van der Waals surface area contributed by atoms with Crippen molar-refractivity contribution in [3.8, 4) is 0 Å². The number of ketones is 1. The third-order valence-corrected chi connectivity index (χ3v) is 2.76. The molecule has 0 radical (unpaired) electrons. The Morgan fingerprint density at radius 2 is 2.31 bits per heavy atom. The molecule has 0 aliphatic rings. The number of rotatable bonds is 4. The van der Waals surface area contributed by atoms with Gasteiger partial charge in [-0.25, -0.2) is 14.6 Å². The van der Waals surface area contributed by atoms with Gasteiger partial charge < -0.3 is 0 Å². The van der Waals surface area contributed by atoms with E-state index in [0.29, 0.717) is 11.5 Å². The van der Waals surface area contributed by atoms with Crippen molar-refractivity contribution in [2.75, 3.05) is 0 Å². The Labute approximate surface area is 97.2 Å². The van der Waals surface area contributed by atoms with Crippen LogP contribution < -0.4 is 0 Å². The van der Waals surface area contributed by atoms with Gasteiger partial charge in [-0.05, 0) is 13.8 Å². The van der Waals surface area contributed by atoms with Gasteiger partial charge in [-0.2, -0.15) is 5.10 Å². The first-order valence-corrected chi connectivity index (χ1v) is 5.92. The van der Waals surface area contributed by atoms with Gasteiger partial charge in [0.05, 0.1) is 11.9 Å². The van der Waals surface area contributed by atoms with Crippen molar-refractivity contribution in [2.24, 2.45) is 0 Å². The molecule has 0 amide bonds. The molecule has 2 rings (SSSR count). The summed E-state index contributed by atoms with van der Waals surface area (Å²) in [6.45, 7) is 4.01. The van der Waals surface area contributed by atoms with E-state index in [1.165, 1.54) is 17.7 Å². The fourth-order valence-electron chi connectivity index (χ4n) is 1.42. The molecule has 2 aromatic heterocycles. The van der Waals surface area contributed by atoms with E-state index in [1.807, 2.05) is 13.8 Å². The number of thiazole rings is 1. The Kier molecular flexibility index (Phi) is 3.09. The van der Waals surface area contributed by atoms with Crippen LogP contribution in [0.2, 0.25) is 0 Å². The average Bonchev–Trinajstić information content (AvgIpc) is 2.86. The Morgan fingerprint density at radius 3 is 2.94 bits per heavy atom. The molecular weight excluding hydrogens is 224 g/mol. The van der Waals surface area contributed by atoms with Crippen molar-refractivity contribution < 1.29 is 4.79 Å². The number of carbonyl (C=O) groups is 1. The summed E-state index contributed by atoms with van der Waals surface area (Å²) >= 11 is 1.42. The predicted molar refractivity (Wildman–Crippen MR) is 60.6 cm³/mol. The first kappa shape index (κ1) is 10.9. The molecule has 0 saturated heterocycles. The van der Waals surface area contributed by atoms with Gasteiger partial charge in [0.1, 0.15) is 17.8 Å². The topological polar surface area (TPSA) is 60.7 Å². The molecule has 0 aromatic carbocycles. The van der Waals surface area contributed by atoms with Gasteiger partial charge in [0.15, 0.2) is 5.78 Å². The van der Waals surface area contributed by atoms with Crippen LogP contribution in [0.1, 0.15) is 36.2 Å². The van der Waals surface area contributed by atoms with Crippen LogP contribution in [0.5, 0.6) is 0 Å². The highest BCUT2D eigenvalue weighted by Crippen LogP contribution is 2.09. The molecule has 0 fully saturated rings. The Morgan fingerprint density at radius 1 is 1.50 bits per heavy atom. The molecule has 0 bridgehead atoms. The maximum absolute atomic E-state index is 11.8. The quantitative estimate of drug-likeness (QED) is 0.759. The zero-order valence-electron chi connectivity index (χ0n) is 9.12. The molecule has 5 nitrogen and oxygen atoms in total. The molecule has 2 heterocycles. The van der Waals surface area contributed by atoms with Crippen LogP contribution in [0.3, 0.4) is 0 Å². The third-order valence-electron chi connectivity index (χ3n) is 2.17. The monoisotopic (exact) mass is 236 g/mol. The molecule has 0 atom stereocenters. The van der Waals surface area contributed by atoms with Gasteiger partial charge in [-0.3, -0.25) is 4.79 Å². The largest absolute Gasteiger partial charge is 0.292 e. The molecule has 84 valence electrons. The van der Waals surface area contributed by atoms with Crippen LogP contribution >= 0.6 is 11.3 Å². The summed E-state index contributed by atoms with van der Waals surface area (Å²) in [6, 6.07) is 0.209. The lowest BCUT2D eigenvalue weighted by Crippen LogP contribution is -2.13. The van der Waals surface area contributed by atoms with Gasteiger partial charge >= 0.3 is 0 Å². The summed E-state index contributed by atoms with van der Waals surface area (Å²) in [7, 11) is 0. The fraction of sp³-hybridized carbons (Fsp3) is 0.400.